The largest absolute Gasteiger partial charge is 0.444 e. The summed E-state index contributed by atoms with van der Waals surface area (Å²) in [7, 11) is 3.47. The average Bonchev–Trinajstić information content (AvgIpc) is 2.40. The molecular weight excluding hydrogens is 282 g/mol. The van der Waals surface area contributed by atoms with Gasteiger partial charge in [0.15, 0.2) is 0 Å². The Balaban J connectivity index is 4.14. The summed E-state index contributed by atoms with van der Waals surface area (Å²) in [6, 6.07) is 0.308. The van der Waals surface area contributed by atoms with Crippen LogP contribution in [0.4, 0.5) is 4.79 Å². The normalized spacial score (nSPS) is 14.5. The van der Waals surface area contributed by atoms with Crippen molar-refractivity contribution in [2.45, 2.75) is 52.2 Å². The van der Waals surface area contributed by atoms with Gasteiger partial charge in [0.25, 0.3) is 0 Å². The van der Waals surface area contributed by atoms with Gasteiger partial charge < -0.3 is 25.4 Å². The van der Waals surface area contributed by atoms with Crippen LogP contribution in [0.15, 0.2) is 0 Å². The van der Waals surface area contributed by atoms with E-state index < -0.39 is 5.60 Å². The molecule has 0 saturated heterocycles. The maximum atomic E-state index is 11.9. The quantitative estimate of drug-likeness (QED) is 0.643. The topological polar surface area (TPSA) is 76.8 Å². The van der Waals surface area contributed by atoms with Crippen molar-refractivity contribution in [2.75, 3.05) is 40.4 Å². The van der Waals surface area contributed by atoms with Crippen LogP contribution in [0.25, 0.3) is 0 Å². The van der Waals surface area contributed by atoms with E-state index in [9.17, 15) is 4.79 Å². The number of hydrogen-bond donors (Lipinski definition) is 2. The maximum absolute atomic E-state index is 11.9. The van der Waals surface area contributed by atoms with Gasteiger partial charge in [0.05, 0.1) is 6.61 Å². The lowest BCUT2D eigenvalue weighted by atomic mass is 10.1. The van der Waals surface area contributed by atoms with Gasteiger partial charge >= 0.3 is 6.09 Å². The summed E-state index contributed by atoms with van der Waals surface area (Å²) in [6.45, 7) is 10.6. The van der Waals surface area contributed by atoms with E-state index in [2.05, 4.69) is 12.2 Å². The van der Waals surface area contributed by atoms with Gasteiger partial charge in [-0.1, -0.05) is 6.92 Å². The third-order valence-electron chi connectivity index (χ3n) is 3.17. The standard InChI is InChI=1S/C16H35N3O3/c1-13(10-18-14(12-21-6)8-7-9-17)11-19(5)15(20)22-16(2,3)4/h13-14,18H,7-12,17H2,1-6H3. The Hall–Kier alpha value is -0.850. The molecule has 0 aromatic carbocycles. The molecule has 0 aliphatic carbocycles. The summed E-state index contributed by atoms with van der Waals surface area (Å²) in [5.74, 6) is 0.328. The summed E-state index contributed by atoms with van der Waals surface area (Å²) in [6.07, 6.45) is 1.70. The van der Waals surface area contributed by atoms with E-state index >= 15 is 0 Å². The smallest absolute Gasteiger partial charge is 0.410 e. The molecule has 0 saturated carbocycles. The number of nitrogens with zero attached hydrogens (tertiary/aromatic N) is 1. The van der Waals surface area contributed by atoms with Crippen LogP contribution in [0.1, 0.15) is 40.5 Å². The second-order valence-electron chi connectivity index (χ2n) is 6.96. The lowest BCUT2D eigenvalue weighted by molar-refractivity contribution is 0.0275. The summed E-state index contributed by atoms with van der Waals surface area (Å²) >= 11 is 0. The number of rotatable bonds is 10. The Kier molecular flexibility index (Phi) is 10.4. The Morgan fingerprint density at radius 3 is 2.50 bits per heavy atom. The van der Waals surface area contributed by atoms with Crippen molar-refractivity contribution in [2.24, 2.45) is 11.7 Å². The SMILES string of the molecule is COCC(CCCN)NCC(C)CN(C)C(=O)OC(C)(C)C. The molecule has 0 fully saturated rings. The van der Waals surface area contributed by atoms with Crippen LogP contribution < -0.4 is 11.1 Å². The molecule has 3 N–H and O–H groups in total. The molecule has 132 valence electrons. The minimum Gasteiger partial charge on any atom is -0.444 e. The second kappa shape index (κ2) is 10.8. The molecule has 0 aromatic rings. The molecule has 2 atom stereocenters. The van der Waals surface area contributed by atoms with Crippen molar-refractivity contribution in [3.63, 3.8) is 0 Å². The molecule has 0 radical (unpaired) electrons. The zero-order valence-corrected chi connectivity index (χ0v) is 15.1. The number of hydrogen-bond acceptors (Lipinski definition) is 5. The highest BCUT2D eigenvalue weighted by atomic mass is 16.6. The van der Waals surface area contributed by atoms with E-state index in [4.69, 9.17) is 15.2 Å². The molecule has 6 heteroatoms. The Labute approximate surface area is 135 Å². The first kappa shape index (κ1) is 21.1. The summed E-state index contributed by atoms with van der Waals surface area (Å²) < 4.78 is 10.6. The summed E-state index contributed by atoms with van der Waals surface area (Å²) in [5.41, 5.74) is 5.09. The first-order chi connectivity index (χ1) is 10.2. The van der Waals surface area contributed by atoms with Gasteiger partial charge in [0.2, 0.25) is 0 Å². The van der Waals surface area contributed by atoms with E-state index in [1.54, 1.807) is 19.1 Å². The van der Waals surface area contributed by atoms with Crippen LogP contribution in [0, 0.1) is 5.92 Å². The number of amides is 1. The Bertz CT molecular complexity index is 306. The van der Waals surface area contributed by atoms with Crippen LogP contribution in [0.2, 0.25) is 0 Å². The van der Waals surface area contributed by atoms with Crippen molar-refractivity contribution < 1.29 is 14.3 Å². The van der Waals surface area contributed by atoms with E-state index in [0.717, 1.165) is 19.4 Å². The first-order valence-corrected chi connectivity index (χ1v) is 8.06. The average molecular weight is 317 g/mol. The van der Waals surface area contributed by atoms with Crippen LogP contribution in [0.5, 0.6) is 0 Å². The van der Waals surface area contributed by atoms with Crippen molar-refractivity contribution in [1.82, 2.24) is 10.2 Å². The Morgan fingerprint density at radius 2 is 2.00 bits per heavy atom. The van der Waals surface area contributed by atoms with Crippen LogP contribution in [-0.4, -0.2) is 63.0 Å². The van der Waals surface area contributed by atoms with Gasteiger partial charge in [0.1, 0.15) is 5.60 Å². The van der Waals surface area contributed by atoms with Gasteiger partial charge in [-0.05, 0) is 52.6 Å². The van der Waals surface area contributed by atoms with Crippen molar-refractivity contribution in [1.29, 1.82) is 0 Å². The lowest BCUT2D eigenvalue weighted by Crippen LogP contribution is -2.41. The van der Waals surface area contributed by atoms with Gasteiger partial charge in [0, 0.05) is 26.7 Å². The van der Waals surface area contributed by atoms with Gasteiger partial charge in [-0.25, -0.2) is 4.79 Å². The molecule has 0 spiro atoms. The third kappa shape index (κ3) is 10.8. The highest BCUT2D eigenvalue weighted by Crippen LogP contribution is 2.10. The molecule has 0 aliphatic rings. The minimum atomic E-state index is -0.460. The number of carbonyl (C=O) groups excluding carboxylic acids is 1. The minimum absolute atomic E-state index is 0.282. The highest BCUT2D eigenvalue weighted by Gasteiger charge is 2.21. The van der Waals surface area contributed by atoms with Crippen LogP contribution in [-0.2, 0) is 9.47 Å². The predicted octanol–water partition coefficient (Wildman–Crippen LogP) is 1.83. The van der Waals surface area contributed by atoms with Crippen molar-refractivity contribution in [3.05, 3.63) is 0 Å². The molecule has 6 nitrogen and oxygen atoms in total. The molecule has 0 bridgehead atoms. The van der Waals surface area contributed by atoms with Gasteiger partial charge in [-0.15, -0.1) is 0 Å². The number of methoxy groups -OCH3 is 1. The second-order valence-corrected chi connectivity index (χ2v) is 6.96. The molecule has 22 heavy (non-hydrogen) atoms. The maximum Gasteiger partial charge on any atom is 0.410 e. The van der Waals surface area contributed by atoms with E-state index in [0.29, 0.717) is 31.7 Å². The van der Waals surface area contributed by atoms with Crippen molar-refractivity contribution in [3.8, 4) is 0 Å². The lowest BCUT2D eigenvalue weighted by Gasteiger charge is -2.27. The fraction of sp³-hybridized carbons (Fsp3) is 0.938. The molecule has 0 aliphatic heterocycles. The van der Waals surface area contributed by atoms with Crippen LogP contribution >= 0.6 is 0 Å². The fourth-order valence-corrected chi connectivity index (χ4v) is 2.12. The van der Waals surface area contributed by atoms with Gasteiger partial charge in [-0.2, -0.15) is 0 Å². The number of ether oxygens (including phenoxy) is 2. The third-order valence-corrected chi connectivity index (χ3v) is 3.17. The summed E-state index contributed by atoms with van der Waals surface area (Å²) in [5, 5.41) is 3.49. The summed E-state index contributed by atoms with van der Waals surface area (Å²) in [4.78, 5) is 13.6. The first-order valence-electron chi connectivity index (χ1n) is 8.06. The molecule has 0 rings (SSSR count). The zero-order chi connectivity index (χ0) is 17.2. The molecule has 0 heterocycles. The monoisotopic (exact) mass is 317 g/mol. The zero-order valence-electron chi connectivity index (χ0n) is 15.1. The van der Waals surface area contributed by atoms with Crippen molar-refractivity contribution >= 4 is 6.09 Å². The van der Waals surface area contributed by atoms with Gasteiger partial charge in [-0.3, -0.25) is 0 Å². The molecule has 2 unspecified atom stereocenters. The highest BCUT2D eigenvalue weighted by molar-refractivity contribution is 5.67. The molecule has 0 aromatic heterocycles. The number of nitrogens with two attached hydrogens (primary N) is 1. The van der Waals surface area contributed by atoms with Crippen LogP contribution in [0.3, 0.4) is 0 Å². The number of nitrogens with one attached hydrogen (secondary N) is 1. The van der Waals surface area contributed by atoms with E-state index in [-0.39, 0.29) is 6.09 Å². The number of carbonyl (C=O) groups is 1. The fourth-order valence-electron chi connectivity index (χ4n) is 2.12. The Morgan fingerprint density at radius 1 is 1.36 bits per heavy atom. The van der Waals surface area contributed by atoms with E-state index in [1.807, 2.05) is 20.8 Å². The predicted molar refractivity (Wildman–Crippen MR) is 90.0 cm³/mol. The van der Waals surface area contributed by atoms with E-state index in [1.165, 1.54) is 0 Å². The molecular formula is C16H35N3O3. The molecule has 1 amide bonds.